The van der Waals surface area contributed by atoms with Gasteiger partial charge in [-0.3, -0.25) is 4.72 Å². The number of aromatic hydroxyl groups is 1. The van der Waals surface area contributed by atoms with Crippen molar-refractivity contribution >= 4 is 27.5 Å². The standard InChI is InChI=1S/C8H8ClF3N2O3S/c9-6-2-1-5(3-7(6)15)14-18(16,17)13-4-8(10,11)12/h1-3,13-15H,4H2. The first-order valence-corrected chi connectivity index (χ1v) is 6.28. The third kappa shape index (κ3) is 4.98. The van der Waals surface area contributed by atoms with E-state index in [9.17, 15) is 26.7 Å². The highest BCUT2D eigenvalue weighted by Crippen LogP contribution is 2.26. The second-order valence-corrected chi connectivity index (χ2v) is 5.11. The van der Waals surface area contributed by atoms with Crippen LogP contribution in [0.15, 0.2) is 18.2 Å². The summed E-state index contributed by atoms with van der Waals surface area (Å²) in [4.78, 5) is 0. The maximum atomic E-state index is 11.8. The minimum absolute atomic E-state index is 0.0128. The molecule has 0 aliphatic heterocycles. The fourth-order valence-electron chi connectivity index (χ4n) is 0.944. The Morgan fingerprint density at radius 2 is 1.94 bits per heavy atom. The second kappa shape index (κ2) is 5.21. The van der Waals surface area contributed by atoms with Gasteiger partial charge >= 0.3 is 6.18 Å². The fourth-order valence-corrected chi connectivity index (χ4v) is 1.92. The Bertz CT molecular complexity index is 533. The minimum Gasteiger partial charge on any atom is -0.506 e. The SMILES string of the molecule is O=S(=O)(NCC(F)(F)F)Nc1ccc(Cl)c(O)c1. The molecule has 0 aromatic heterocycles. The summed E-state index contributed by atoms with van der Waals surface area (Å²) in [5.41, 5.74) is -0.119. The number of halogens is 4. The summed E-state index contributed by atoms with van der Waals surface area (Å²) < 4.78 is 61.0. The molecule has 102 valence electrons. The molecule has 0 saturated carbocycles. The Balaban J connectivity index is 2.74. The predicted octanol–water partition coefficient (Wildman–Crippen LogP) is 1.85. The smallest absolute Gasteiger partial charge is 0.402 e. The maximum absolute atomic E-state index is 11.8. The highest BCUT2D eigenvalue weighted by Gasteiger charge is 2.29. The van der Waals surface area contributed by atoms with Crippen molar-refractivity contribution in [2.75, 3.05) is 11.3 Å². The van der Waals surface area contributed by atoms with E-state index in [1.807, 2.05) is 0 Å². The largest absolute Gasteiger partial charge is 0.506 e. The van der Waals surface area contributed by atoms with Crippen LogP contribution in [0, 0.1) is 0 Å². The van der Waals surface area contributed by atoms with Crippen LogP contribution in [0.3, 0.4) is 0 Å². The summed E-state index contributed by atoms with van der Waals surface area (Å²) in [6.45, 7) is -1.69. The van der Waals surface area contributed by atoms with Crippen LogP contribution < -0.4 is 9.44 Å². The van der Waals surface area contributed by atoms with E-state index in [0.717, 1.165) is 6.07 Å². The fraction of sp³-hybridized carbons (Fsp3) is 0.250. The van der Waals surface area contributed by atoms with Crippen LogP contribution in [0.2, 0.25) is 5.02 Å². The second-order valence-electron chi connectivity index (χ2n) is 3.21. The predicted molar refractivity (Wildman–Crippen MR) is 59.7 cm³/mol. The zero-order chi connectivity index (χ0) is 14.0. The van der Waals surface area contributed by atoms with Crippen LogP contribution in [0.1, 0.15) is 0 Å². The number of phenolic OH excluding ortho intramolecular Hbond substituents is 1. The van der Waals surface area contributed by atoms with Gasteiger partial charge in [-0.1, -0.05) is 11.6 Å². The molecule has 0 heterocycles. The molecule has 0 bridgehead atoms. The van der Waals surface area contributed by atoms with Gasteiger partial charge in [0.05, 0.1) is 10.7 Å². The number of hydrogen-bond acceptors (Lipinski definition) is 3. The van der Waals surface area contributed by atoms with Crippen molar-refractivity contribution in [2.45, 2.75) is 6.18 Å². The quantitative estimate of drug-likeness (QED) is 0.794. The average Bonchev–Trinajstić information content (AvgIpc) is 2.20. The topological polar surface area (TPSA) is 78.4 Å². The molecule has 5 nitrogen and oxygen atoms in total. The van der Waals surface area contributed by atoms with Crippen LogP contribution >= 0.6 is 11.6 Å². The van der Waals surface area contributed by atoms with Gasteiger partial charge in [0, 0.05) is 6.07 Å². The van der Waals surface area contributed by atoms with Crippen molar-refractivity contribution < 1.29 is 26.7 Å². The van der Waals surface area contributed by atoms with Crippen molar-refractivity contribution in [1.29, 1.82) is 0 Å². The lowest BCUT2D eigenvalue weighted by molar-refractivity contribution is -0.121. The molecule has 0 fully saturated rings. The van der Waals surface area contributed by atoms with Crippen LogP contribution in [-0.4, -0.2) is 26.2 Å². The van der Waals surface area contributed by atoms with Gasteiger partial charge in [0.2, 0.25) is 0 Å². The van der Waals surface area contributed by atoms with E-state index >= 15 is 0 Å². The molecule has 0 aliphatic rings. The van der Waals surface area contributed by atoms with E-state index in [4.69, 9.17) is 11.6 Å². The molecule has 3 N–H and O–H groups in total. The lowest BCUT2D eigenvalue weighted by Gasteiger charge is -2.11. The summed E-state index contributed by atoms with van der Waals surface area (Å²) >= 11 is 5.48. The lowest BCUT2D eigenvalue weighted by Crippen LogP contribution is -2.37. The number of benzene rings is 1. The Morgan fingerprint density at radius 1 is 1.33 bits per heavy atom. The average molecular weight is 305 g/mol. The van der Waals surface area contributed by atoms with Gasteiger partial charge in [0.25, 0.3) is 10.2 Å². The third-order valence-electron chi connectivity index (χ3n) is 1.66. The summed E-state index contributed by atoms with van der Waals surface area (Å²) in [5.74, 6) is -0.396. The molecule has 10 heteroatoms. The van der Waals surface area contributed by atoms with Gasteiger partial charge in [-0.15, -0.1) is 0 Å². The lowest BCUT2D eigenvalue weighted by atomic mass is 10.3. The zero-order valence-corrected chi connectivity index (χ0v) is 10.2. The molecule has 1 aromatic carbocycles. The van der Waals surface area contributed by atoms with Crippen molar-refractivity contribution in [3.05, 3.63) is 23.2 Å². The van der Waals surface area contributed by atoms with Crippen molar-refractivity contribution in [1.82, 2.24) is 4.72 Å². The van der Waals surface area contributed by atoms with Crippen molar-refractivity contribution in [2.24, 2.45) is 0 Å². The Morgan fingerprint density at radius 3 is 2.44 bits per heavy atom. The number of hydrogen-bond donors (Lipinski definition) is 3. The van der Waals surface area contributed by atoms with E-state index in [0.29, 0.717) is 0 Å². The molecular formula is C8H8ClF3N2O3S. The van der Waals surface area contributed by atoms with Crippen LogP contribution in [0.4, 0.5) is 18.9 Å². The first kappa shape index (κ1) is 14.9. The molecule has 0 amide bonds. The molecule has 18 heavy (non-hydrogen) atoms. The van der Waals surface area contributed by atoms with Crippen molar-refractivity contribution in [3.8, 4) is 5.75 Å². The molecule has 0 aliphatic carbocycles. The van der Waals surface area contributed by atoms with Crippen LogP contribution in [0.5, 0.6) is 5.75 Å². The normalized spacial score (nSPS) is 12.4. The monoisotopic (exact) mass is 304 g/mol. The van der Waals surface area contributed by atoms with Gasteiger partial charge in [0.15, 0.2) is 0 Å². The van der Waals surface area contributed by atoms with E-state index in [1.54, 1.807) is 4.72 Å². The van der Waals surface area contributed by atoms with E-state index in [-0.39, 0.29) is 10.7 Å². The Kier molecular flexibility index (Phi) is 4.30. The highest BCUT2D eigenvalue weighted by molar-refractivity contribution is 7.90. The van der Waals surface area contributed by atoms with Gasteiger partial charge < -0.3 is 5.11 Å². The first-order valence-electron chi connectivity index (χ1n) is 4.42. The summed E-state index contributed by atoms with van der Waals surface area (Å²) in [5, 5.41) is 9.18. The van der Waals surface area contributed by atoms with Crippen molar-refractivity contribution in [3.63, 3.8) is 0 Å². The van der Waals surface area contributed by atoms with Gasteiger partial charge in [-0.2, -0.15) is 26.3 Å². The van der Waals surface area contributed by atoms with Gasteiger partial charge in [-0.05, 0) is 12.1 Å². The molecule has 0 saturated heterocycles. The summed E-state index contributed by atoms with van der Waals surface area (Å²) in [7, 11) is -4.37. The van der Waals surface area contributed by atoms with E-state index in [2.05, 4.69) is 0 Å². The molecule has 1 aromatic rings. The minimum atomic E-state index is -4.66. The maximum Gasteiger partial charge on any atom is 0.402 e. The summed E-state index contributed by atoms with van der Waals surface area (Å²) in [6, 6.07) is 3.35. The van der Waals surface area contributed by atoms with Crippen LogP contribution in [0.25, 0.3) is 0 Å². The molecule has 0 atom stereocenters. The molecule has 1 rings (SSSR count). The number of rotatable bonds is 4. The van der Waals surface area contributed by atoms with Gasteiger partial charge in [-0.25, -0.2) is 0 Å². The van der Waals surface area contributed by atoms with Gasteiger partial charge in [0.1, 0.15) is 12.3 Å². The first-order chi connectivity index (χ1) is 8.09. The van der Waals surface area contributed by atoms with E-state index in [1.165, 1.54) is 16.9 Å². The molecule has 0 radical (unpaired) electrons. The zero-order valence-electron chi connectivity index (χ0n) is 8.62. The third-order valence-corrected chi connectivity index (χ3v) is 3.01. The summed E-state index contributed by atoms with van der Waals surface area (Å²) in [6.07, 6.45) is -4.66. The highest BCUT2D eigenvalue weighted by atomic mass is 35.5. The number of phenols is 1. The number of anilines is 1. The molecule has 0 spiro atoms. The number of alkyl halides is 3. The van der Waals surface area contributed by atoms with E-state index < -0.39 is 28.7 Å². The molecule has 0 unspecified atom stereocenters. The molecular weight excluding hydrogens is 297 g/mol. The Hall–Kier alpha value is -1.19. The Labute approximate surface area is 106 Å². The van der Waals surface area contributed by atoms with Crippen LogP contribution in [-0.2, 0) is 10.2 Å². The number of nitrogens with one attached hydrogen (secondary N) is 2.